The van der Waals surface area contributed by atoms with E-state index >= 15 is 0 Å². The monoisotopic (exact) mass is 294 g/mol. The molecule has 0 bridgehead atoms. The van der Waals surface area contributed by atoms with Gasteiger partial charge in [-0.2, -0.15) is 0 Å². The van der Waals surface area contributed by atoms with E-state index in [-0.39, 0.29) is 0 Å². The lowest BCUT2D eigenvalue weighted by Crippen LogP contribution is -2.15. The highest BCUT2D eigenvalue weighted by Crippen LogP contribution is 2.36. The standard InChI is InChI=1S/C14H12Cl2N2O/c15-9-6-11(16)13(18-7-9)12(17)10-3-1-2-8-4-5-19-14(8)10/h1-3,6-7,12H,4-5,17H2. The van der Waals surface area contributed by atoms with Crippen LogP contribution in [0.15, 0.2) is 30.5 Å². The molecule has 5 heteroatoms. The Morgan fingerprint density at radius 1 is 1.32 bits per heavy atom. The van der Waals surface area contributed by atoms with E-state index in [1.165, 1.54) is 5.56 Å². The lowest BCUT2D eigenvalue weighted by molar-refractivity contribution is 0.352. The van der Waals surface area contributed by atoms with Crippen LogP contribution in [0.1, 0.15) is 22.9 Å². The van der Waals surface area contributed by atoms with Gasteiger partial charge in [0, 0.05) is 18.2 Å². The Hall–Kier alpha value is -1.29. The van der Waals surface area contributed by atoms with Gasteiger partial charge < -0.3 is 10.5 Å². The predicted octanol–water partition coefficient (Wildman–Crippen LogP) is 3.37. The van der Waals surface area contributed by atoms with Crippen LogP contribution in [-0.2, 0) is 6.42 Å². The van der Waals surface area contributed by atoms with Gasteiger partial charge in [0.2, 0.25) is 0 Å². The number of halogens is 2. The molecule has 3 rings (SSSR count). The minimum Gasteiger partial charge on any atom is -0.493 e. The summed E-state index contributed by atoms with van der Waals surface area (Å²) >= 11 is 12.0. The highest BCUT2D eigenvalue weighted by molar-refractivity contribution is 6.34. The SMILES string of the molecule is NC(c1cccc2c1OCC2)c1ncc(Cl)cc1Cl. The van der Waals surface area contributed by atoms with Crippen LogP contribution in [0.5, 0.6) is 5.75 Å². The van der Waals surface area contributed by atoms with Gasteiger partial charge >= 0.3 is 0 Å². The number of ether oxygens (including phenoxy) is 1. The number of aromatic nitrogens is 1. The first kappa shape index (κ1) is 12.7. The molecule has 1 unspecified atom stereocenters. The van der Waals surface area contributed by atoms with Crippen LogP contribution < -0.4 is 10.5 Å². The minimum atomic E-state index is -0.419. The third-order valence-corrected chi connectivity index (χ3v) is 3.72. The fourth-order valence-electron chi connectivity index (χ4n) is 2.29. The summed E-state index contributed by atoms with van der Waals surface area (Å²) in [5.74, 6) is 0.864. The number of hydrogen-bond donors (Lipinski definition) is 1. The molecule has 3 nitrogen and oxygen atoms in total. The van der Waals surface area contributed by atoms with Crippen LogP contribution in [0.2, 0.25) is 10.0 Å². The molecular weight excluding hydrogens is 283 g/mol. The number of benzene rings is 1. The highest BCUT2D eigenvalue weighted by Gasteiger charge is 2.23. The van der Waals surface area contributed by atoms with E-state index in [1.807, 2.05) is 12.1 Å². The summed E-state index contributed by atoms with van der Waals surface area (Å²) in [6.07, 6.45) is 2.46. The maximum absolute atomic E-state index is 6.27. The van der Waals surface area contributed by atoms with Crippen molar-refractivity contribution >= 4 is 23.2 Å². The van der Waals surface area contributed by atoms with Crippen molar-refractivity contribution in [3.63, 3.8) is 0 Å². The van der Waals surface area contributed by atoms with Crippen molar-refractivity contribution in [1.82, 2.24) is 4.98 Å². The Morgan fingerprint density at radius 3 is 2.95 bits per heavy atom. The molecule has 0 radical (unpaired) electrons. The Balaban J connectivity index is 2.05. The van der Waals surface area contributed by atoms with Crippen LogP contribution in [-0.4, -0.2) is 11.6 Å². The fraction of sp³-hybridized carbons (Fsp3) is 0.214. The van der Waals surface area contributed by atoms with Crippen LogP contribution in [0.25, 0.3) is 0 Å². The van der Waals surface area contributed by atoms with E-state index in [0.717, 1.165) is 17.7 Å². The second kappa shape index (κ2) is 5.00. The number of nitrogens with two attached hydrogens (primary N) is 1. The van der Waals surface area contributed by atoms with Gasteiger partial charge in [-0.1, -0.05) is 41.4 Å². The lowest BCUT2D eigenvalue weighted by Gasteiger charge is -2.16. The Morgan fingerprint density at radius 2 is 2.16 bits per heavy atom. The molecule has 1 aliphatic heterocycles. The third kappa shape index (κ3) is 2.29. The second-order valence-electron chi connectivity index (χ2n) is 4.43. The summed E-state index contributed by atoms with van der Waals surface area (Å²) in [7, 11) is 0. The van der Waals surface area contributed by atoms with Gasteiger partial charge in [0.25, 0.3) is 0 Å². The molecule has 19 heavy (non-hydrogen) atoms. The Labute approximate surface area is 121 Å². The first-order chi connectivity index (χ1) is 9.16. The van der Waals surface area contributed by atoms with Crippen molar-refractivity contribution in [3.8, 4) is 5.75 Å². The molecule has 0 fully saturated rings. The fourth-order valence-corrected chi connectivity index (χ4v) is 2.78. The van der Waals surface area contributed by atoms with Crippen molar-refractivity contribution in [2.75, 3.05) is 6.61 Å². The van der Waals surface area contributed by atoms with E-state index in [4.69, 9.17) is 33.7 Å². The van der Waals surface area contributed by atoms with Crippen LogP contribution in [0.4, 0.5) is 0 Å². The lowest BCUT2D eigenvalue weighted by atomic mass is 10.00. The summed E-state index contributed by atoms with van der Waals surface area (Å²) in [6.45, 7) is 0.695. The average molecular weight is 295 g/mol. The molecule has 98 valence electrons. The largest absolute Gasteiger partial charge is 0.493 e. The summed E-state index contributed by atoms with van der Waals surface area (Å²) in [5.41, 5.74) is 8.96. The van der Waals surface area contributed by atoms with E-state index in [1.54, 1.807) is 12.3 Å². The maximum Gasteiger partial charge on any atom is 0.127 e. The van der Waals surface area contributed by atoms with Gasteiger partial charge in [0.05, 0.1) is 28.4 Å². The van der Waals surface area contributed by atoms with Crippen molar-refractivity contribution in [1.29, 1.82) is 0 Å². The van der Waals surface area contributed by atoms with E-state index in [9.17, 15) is 0 Å². The Bertz CT molecular complexity index is 631. The number of fused-ring (bicyclic) bond motifs is 1. The predicted molar refractivity (Wildman–Crippen MR) is 75.9 cm³/mol. The first-order valence-electron chi connectivity index (χ1n) is 5.98. The first-order valence-corrected chi connectivity index (χ1v) is 6.73. The van der Waals surface area contributed by atoms with Crippen LogP contribution in [0, 0.1) is 0 Å². The molecule has 0 saturated heterocycles. The number of para-hydroxylation sites is 1. The zero-order valence-corrected chi connectivity index (χ0v) is 11.6. The quantitative estimate of drug-likeness (QED) is 0.924. The third-order valence-electron chi connectivity index (χ3n) is 3.21. The summed E-state index contributed by atoms with van der Waals surface area (Å²) < 4.78 is 5.66. The Kier molecular flexibility index (Phi) is 3.35. The molecule has 1 atom stereocenters. The topological polar surface area (TPSA) is 48.1 Å². The van der Waals surface area contributed by atoms with Crippen LogP contribution >= 0.6 is 23.2 Å². The molecule has 0 amide bonds. The van der Waals surface area contributed by atoms with Gasteiger partial charge in [-0.15, -0.1) is 0 Å². The molecule has 1 aromatic carbocycles. The molecule has 2 aromatic rings. The maximum atomic E-state index is 6.27. The van der Waals surface area contributed by atoms with Gasteiger partial charge in [0.15, 0.2) is 0 Å². The zero-order chi connectivity index (χ0) is 13.4. The van der Waals surface area contributed by atoms with Gasteiger partial charge in [0.1, 0.15) is 5.75 Å². The van der Waals surface area contributed by atoms with E-state index in [0.29, 0.717) is 22.3 Å². The molecule has 1 aromatic heterocycles. The molecule has 0 aliphatic carbocycles. The average Bonchev–Trinajstić information content (AvgIpc) is 2.86. The van der Waals surface area contributed by atoms with Gasteiger partial charge in [-0.3, -0.25) is 4.98 Å². The molecule has 1 aliphatic rings. The molecular formula is C14H12Cl2N2O. The number of hydrogen-bond acceptors (Lipinski definition) is 3. The second-order valence-corrected chi connectivity index (χ2v) is 5.28. The zero-order valence-electron chi connectivity index (χ0n) is 10.1. The van der Waals surface area contributed by atoms with Gasteiger partial charge in [-0.05, 0) is 11.6 Å². The number of nitrogens with zero attached hydrogens (tertiary/aromatic N) is 1. The van der Waals surface area contributed by atoms with Crippen molar-refractivity contribution in [2.24, 2.45) is 5.73 Å². The van der Waals surface area contributed by atoms with Crippen molar-refractivity contribution in [3.05, 3.63) is 57.3 Å². The summed E-state index contributed by atoms with van der Waals surface area (Å²) in [5, 5.41) is 0.964. The molecule has 0 spiro atoms. The van der Waals surface area contributed by atoms with Gasteiger partial charge in [-0.25, -0.2) is 0 Å². The normalized spacial score (nSPS) is 14.9. The van der Waals surface area contributed by atoms with Crippen LogP contribution in [0.3, 0.4) is 0 Å². The number of pyridine rings is 1. The number of rotatable bonds is 2. The summed E-state index contributed by atoms with van der Waals surface area (Å²) in [6, 6.07) is 7.21. The smallest absolute Gasteiger partial charge is 0.127 e. The van der Waals surface area contributed by atoms with E-state index < -0.39 is 6.04 Å². The minimum absolute atomic E-state index is 0.419. The summed E-state index contributed by atoms with van der Waals surface area (Å²) in [4.78, 5) is 4.24. The molecule has 0 saturated carbocycles. The molecule has 2 heterocycles. The van der Waals surface area contributed by atoms with E-state index in [2.05, 4.69) is 11.1 Å². The van der Waals surface area contributed by atoms with Crippen molar-refractivity contribution in [2.45, 2.75) is 12.5 Å². The van der Waals surface area contributed by atoms with Crippen molar-refractivity contribution < 1.29 is 4.74 Å². The highest BCUT2D eigenvalue weighted by atomic mass is 35.5. The molecule has 2 N–H and O–H groups in total.